The number of carbonyl (C=O) groups is 2. The Hall–Kier alpha value is -3.84. The van der Waals surface area contributed by atoms with E-state index in [9.17, 15) is 9.59 Å². The van der Waals surface area contributed by atoms with Crippen LogP contribution in [0.5, 0.6) is 0 Å². The first kappa shape index (κ1) is 22.4. The zero-order valence-electron chi connectivity index (χ0n) is 18.1. The van der Waals surface area contributed by atoms with E-state index in [1.54, 1.807) is 37.0 Å². The van der Waals surface area contributed by atoms with Crippen LogP contribution in [0.1, 0.15) is 24.2 Å². The van der Waals surface area contributed by atoms with Gasteiger partial charge in [-0.05, 0) is 35.4 Å². The van der Waals surface area contributed by atoms with Crippen molar-refractivity contribution >= 4 is 40.3 Å². The van der Waals surface area contributed by atoms with E-state index in [1.807, 2.05) is 48.5 Å². The van der Waals surface area contributed by atoms with E-state index in [-0.39, 0.29) is 6.42 Å². The molecule has 168 valence electrons. The number of carboxylic acid groups (broad SMARTS) is 1. The molecule has 1 atom stereocenters. The molecule has 0 aliphatic heterocycles. The first-order chi connectivity index (χ1) is 15.8. The van der Waals surface area contributed by atoms with E-state index in [1.165, 1.54) is 0 Å². The van der Waals surface area contributed by atoms with Crippen LogP contribution in [-0.4, -0.2) is 26.7 Å². The maximum Gasteiger partial charge on any atom is 0.413 e. The summed E-state index contributed by atoms with van der Waals surface area (Å²) in [6.07, 6.45) is 0.436. The van der Waals surface area contributed by atoms with Gasteiger partial charge >= 0.3 is 12.1 Å². The minimum atomic E-state index is -0.870. The summed E-state index contributed by atoms with van der Waals surface area (Å²) < 4.78 is 7.23. The second-order valence-electron chi connectivity index (χ2n) is 7.71. The summed E-state index contributed by atoms with van der Waals surface area (Å²) in [6, 6.07) is 18.5. The fourth-order valence-corrected chi connectivity index (χ4v) is 3.96. The van der Waals surface area contributed by atoms with Gasteiger partial charge in [-0.3, -0.25) is 10.1 Å². The molecule has 0 aliphatic carbocycles. The lowest BCUT2D eigenvalue weighted by Gasteiger charge is -2.16. The van der Waals surface area contributed by atoms with Crippen LogP contribution in [0.4, 0.5) is 10.6 Å². The normalized spacial score (nSPS) is 11.8. The van der Waals surface area contributed by atoms with Crippen molar-refractivity contribution in [3.63, 3.8) is 0 Å². The average Bonchev–Trinajstić information content (AvgIpc) is 3.13. The van der Waals surface area contributed by atoms with E-state index in [0.29, 0.717) is 16.5 Å². The van der Waals surface area contributed by atoms with Gasteiger partial charge < -0.3 is 14.4 Å². The van der Waals surface area contributed by atoms with E-state index in [0.717, 1.165) is 27.5 Å². The highest BCUT2D eigenvalue weighted by molar-refractivity contribution is 6.31. The monoisotopic (exact) mass is 463 g/mol. The van der Waals surface area contributed by atoms with Crippen LogP contribution >= 0.6 is 11.6 Å². The third kappa shape index (κ3) is 4.99. The Morgan fingerprint density at radius 3 is 2.61 bits per heavy atom. The van der Waals surface area contributed by atoms with Crippen molar-refractivity contribution in [2.24, 2.45) is 7.05 Å². The minimum absolute atomic E-state index is 0.0271. The number of carbonyl (C=O) groups excluding carboxylic acids is 1. The number of benzene rings is 3. The lowest BCUT2D eigenvalue weighted by molar-refractivity contribution is -0.136. The number of carboxylic acids is 1. The Kier molecular flexibility index (Phi) is 6.33. The molecule has 0 fully saturated rings. The van der Waals surface area contributed by atoms with Crippen molar-refractivity contribution in [3.05, 3.63) is 83.1 Å². The summed E-state index contributed by atoms with van der Waals surface area (Å²) in [4.78, 5) is 28.0. The molecule has 0 saturated carbocycles. The topological polar surface area (TPSA) is 93.4 Å². The summed E-state index contributed by atoms with van der Waals surface area (Å²) >= 11 is 6.20. The molecular weight excluding hydrogens is 442 g/mol. The quantitative estimate of drug-likeness (QED) is 0.375. The molecule has 33 heavy (non-hydrogen) atoms. The molecule has 1 heterocycles. The number of halogens is 1. The van der Waals surface area contributed by atoms with Gasteiger partial charge in [0.05, 0.1) is 12.7 Å². The Balaban J connectivity index is 1.56. The lowest BCUT2D eigenvalue weighted by atomic mass is 10.0. The van der Waals surface area contributed by atoms with Gasteiger partial charge in [0.2, 0.25) is 0 Å². The van der Waals surface area contributed by atoms with E-state index < -0.39 is 18.2 Å². The Morgan fingerprint density at radius 1 is 1.12 bits per heavy atom. The molecule has 0 saturated heterocycles. The molecule has 7 nitrogen and oxygen atoms in total. The molecule has 0 aliphatic rings. The molecular formula is C25H22ClN3O4. The SMILES string of the molecule is C[C@@H](OC(=O)Nc1c(-c2ccc3cc(CC(=O)O)ccc3c2)ncn1C)c1ccccc1Cl. The predicted molar refractivity (Wildman–Crippen MR) is 127 cm³/mol. The number of aliphatic carboxylic acids is 1. The number of aromatic nitrogens is 2. The van der Waals surface area contributed by atoms with Gasteiger partial charge in [0.15, 0.2) is 0 Å². The Bertz CT molecular complexity index is 1350. The largest absolute Gasteiger partial charge is 0.481 e. The standard InChI is InChI=1S/C25H22ClN3O4/c1-15(20-5-3-4-6-21(20)26)33-25(32)28-24-23(27-14-29(24)2)19-10-9-17-11-16(12-22(30)31)7-8-18(17)13-19/h3-11,13-15H,12H2,1-2H3,(H,28,32)(H,30,31)/t15-/m1/s1. The minimum Gasteiger partial charge on any atom is -0.481 e. The lowest BCUT2D eigenvalue weighted by Crippen LogP contribution is -2.18. The molecule has 1 amide bonds. The average molecular weight is 464 g/mol. The van der Waals surface area contributed by atoms with Crippen LogP contribution in [-0.2, 0) is 23.0 Å². The van der Waals surface area contributed by atoms with Crippen LogP contribution in [0.15, 0.2) is 67.0 Å². The highest BCUT2D eigenvalue weighted by Crippen LogP contribution is 2.30. The van der Waals surface area contributed by atoms with E-state index in [2.05, 4.69) is 10.3 Å². The number of rotatable bonds is 6. The number of nitrogens with one attached hydrogen (secondary N) is 1. The molecule has 4 rings (SSSR count). The zero-order chi connectivity index (χ0) is 23.5. The van der Waals surface area contributed by atoms with Crippen molar-refractivity contribution in [2.45, 2.75) is 19.4 Å². The van der Waals surface area contributed by atoms with Crippen LogP contribution in [0.2, 0.25) is 5.02 Å². The number of anilines is 1. The molecule has 0 unspecified atom stereocenters. The number of aryl methyl sites for hydroxylation is 1. The molecule has 0 spiro atoms. The number of hydrogen-bond acceptors (Lipinski definition) is 4. The number of imidazole rings is 1. The smallest absolute Gasteiger partial charge is 0.413 e. The molecule has 0 bridgehead atoms. The highest BCUT2D eigenvalue weighted by atomic mass is 35.5. The molecule has 3 aromatic carbocycles. The van der Waals surface area contributed by atoms with Crippen molar-refractivity contribution in [2.75, 3.05) is 5.32 Å². The van der Waals surface area contributed by atoms with Gasteiger partial charge in [-0.1, -0.05) is 60.1 Å². The third-order valence-corrected chi connectivity index (χ3v) is 5.66. The van der Waals surface area contributed by atoms with Crippen molar-refractivity contribution in [1.29, 1.82) is 0 Å². The van der Waals surface area contributed by atoms with Crippen LogP contribution in [0.25, 0.3) is 22.0 Å². The van der Waals surface area contributed by atoms with Gasteiger partial charge in [-0.25, -0.2) is 9.78 Å². The molecule has 2 N–H and O–H groups in total. The molecule has 4 aromatic rings. The van der Waals surface area contributed by atoms with Crippen LogP contribution < -0.4 is 5.32 Å². The fraction of sp³-hybridized carbons (Fsp3) is 0.160. The fourth-order valence-electron chi connectivity index (χ4n) is 3.67. The Labute approximate surface area is 195 Å². The summed E-state index contributed by atoms with van der Waals surface area (Å²) in [5, 5.41) is 14.2. The second kappa shape index (κ2) is 9.34. The molecule has 8 heteroatoms. The number of ether oxygens (including phenoxy) is 1. The van der Waals surface area contributed by atoms with Crippen LogP contribution in [0, 0.1) is 0 Å². The van der Waals surface area contributed by atoms with E-state index >= 15 is 0 Å². The maximum absolute atomic E-state index is 12.6. The zero-order valence-corrected chi connectivity index (χ0v) is 18.8. The number of nitrogens with zero attached hydrogens (tertiary/aromatic N) is 2. The van der Waals surface area contributed by atoms with E-state index in [4.69, 9.17) is 21.4 Å². The van der Waals surface area contributed by atoms with Gasteiger partial charge in [0.25, 0.3) is 0 Å². The molecule has 0 radical (unpaired) electrons. The van der Waals surface area contributed by atoms with Gasteiger partial charge in [-0.15, -0.1) is 0 Å². The Morgan fingerprint density at radius 2 is 1.85 bits per heavy atom. The summed E-state index contributed by atoms with van der Waals surface area (Å²) in [7, 11) is 1.78. The van der Waals surface area contributed by atoms with Crippen molar-refractivity contribution < 1.29 is 19.4 Å². The first-order valence-corrected chi connectivity index (χ1v) is 10.7. The second-order valence-corrected chi connectivity index (χ2v) is 8.12. The maximum atomic E-state index is 12.6. The van der Waals surface area contributed by atoms with Gasteiger partial charge in [0, 0.05) is 23.2 Å². The summed E-state index contributed by atoms with van der Waals surface area (Å²) in [5.74, 6) is -0.376. The molecule has 1 aromatic heterocycles. The number of fused-ring (bicyclic) bond motifs is 1. The summed E-state index contributed by atoms with van der Waals surface area (Å²) in [5.41, 5.74) is 2.86. The summed E-state index contributed by atoms with van der Waals surface area (Å²) in [6.45, 7) is 1.76. The predicted octanol–water partition coefficient (Wildman–Crippen LogP) is 5.83. The first-order valence-electron chi connectivity index (χ1n) is 10.3. The third-order valence-electron chi connectivity index (χ3n) is 5.32. The van der Waals surface area contributed by atoms with Crippen molar-refractivity contribution in [1.82, 2.24) is 9.55 Å². The van der Waals surface area contributed by atoms with Gasteiger partial charge in [-0.2, -0.15) is 0 Å². The highest BCUT2D eigenvalue weighted by Gasteiger charge is 2.19. The number of hydrogen-bond donors (Lipinski definition) is 2. The van der Waals surface area contributed by atoms with Gasteiger partial charge in [0.1, 0.15) is 17.6 Å². The van der Waals surface area contributed by atoms with Crippen LogP contribution in [0.3, 0.4) is 0 Å². The van der Waals surface area contributed by atoms with Crippen molar-refractivity contribution in [3.8, 4) is 11.3 Å². The number of amides is 1.